The lowest BCUT2D eigenvalue weighted by atomic mass is 9.84. The van der Waals surface area contributed by atoms with Crippen LogP contribution in [0.5, 0.6) is 0 Å². The summed E-state index contributed by atoms with van der Waals surface area (Å²) in [7, 11) is 1.96. The summed E-state index contributed by atoms with van der Waals surface area (Å²) in [5.74, 6) is 1.20. The van der Waals surface area contributed by atoms with E-state index >= 15 is 0 Å². The van der Waals surface area contributed by atoms with Crippen LogP contribution in [0.15, 0.2) is 4.42 Å². The first-order chi connectivity index (χ1) is 11.8. The van der Waals surface area contributed by atoms with E-state index in [1.807, 2.05) is 11.7 Å². The van der Waals surface area contributed by atoms with Crippen molar-refractivity contribution in [2.45, 2.75) is 60.1 Å². The molecule has 0 saturated heterocycles. The number of hydrogen-bond acceptors (Lipinski definition) is 6. The third kappa shape index (κ3) is 4.60. The fourth-order valence-electron chi connectivity index (χ4n) is 3.58. The van der Waals surface area contributed by atoms with Gasteiger partial charge in [0, 0.05) is 25.5 Å². The van der Waals surface area contributed by atoms with Gasteiger partial charge in [0.15, 0.2) is 0 Å². The maximum atomic E-state index is 5.76. The standard InChI is InChI=1S/C18H29N5O2/c1-12(9-18(2,3)4)8-16-20-21-17(25-16)19-10-15-13-11-24-7-6-14(13)22-23(15)5/h12H,6-11H2,1-5H3,(H,19,21). The van der Waals surface area contributed by atoms with Crippen molar-refractivity contribution < 1.29 is 9.15 Å². The lowest BCUT2D eigenvalue weighted by Crippen LogP contribution is -2.13. The van der Waals surface area contributed by atoms with Gasteiger partial charge in [0.2, 0.25) is 5.89 Å². The molecule has 0 fully saturated rings. The van der Waals surface area contributed by atoms with E-state index in [1.54, 1.807) is 0 Å². The first kappa shape index (κ1) is 17.9. The van der Waals surface area contributed by atoms with Crippen molar-refractivity contribution in [1.29, 1.82) is 0 Å². The Morgan fingerprint density at radius 2 is 2.08 bits per heavy atom. The molecule has 138 valence electrons. The molecule has 0 aromatic carbocycles. The average Bonchev–Trinajstić information content (AvgIpc) is 3.06. The summed E-state index contributed by atoms with van der Waals surface area (Å²) in [5.41, 5.74) is 3.73. The van der Waals surface area contributed by atoms with Crippen LogP contribution in [0.2, 0.25) is 0 Å². The van der Waals surface area contributed by atoms with Crippen molar-refractivity contribution >= 4 is 6.01 Å². The highest BCUT2D eigenvalue weighted by Crippen LogP contribution is 2.26. The molecule has 1 aliphatic heterocycles. The van der Waals surface area contributed by atoms with Crippen molar-refractivity contribution in [3.63, 3.8) is 0 Å². The van der Waals surface area contributed by atoms with Gasteiger partial charge in [0.25, 0.3) is 0 Å². The van der Waals surface area contributed by atoms with Crippen molar-refractivity contribution in [3.05, 3.63) is 22.8 Å². The number of anilines is 1. The summed E-state index contributed by atoms with van der Waals surface area (Å²) >= 11 is 0. The minimum Gasteiger partial charge on any atom is -0.408 e. The van der Waals surface area contributed by atoms with E-state index in [2.05, 4.69) is 48.3 Å². The molecule has 0 bridgehead atoms. The molecule has 0 spiro atoms. The van der Waals surface area contributed by atoms with Gasteiger partial charge in [-0.25, -0.2) is 0 Å². The van der Waals surface area contributed by atoms with Crippen LogP contribution < -0.4 is 5.32 Å². The lowest BCUT2D eigenvalue weighted by molar-refractivity contribution is 0.109. The van der Waals surface area contributed by atoms with Crippen LogP contribution in [-0.4, -0.2) is 26.6 Å². The summed E-state index contributed by atoms with van der Waals surface area (Å²) in [6.45, 7) is 11.0. The Bertz CT molecular complexity index is 714. The molecule has 7 heteroatoms. The summed E-state index contributed by atoms with van der Waals surface area (Å²) in [6, 6.07) is 0.463. The molecule has 25 heavy (non-hydrogen) atoms. The molecular formula is C18H29N5O2. The summed E-state index contributed by atoms with van der Waals surface area (Å²) in [4.78, 5) is 0. The normalized spacial score (nSPS) is 15.9. The molecule has 1 aliphatic rings. The van der Waals surface area contributed by atoms with Crippen LogP contribution in [-0.2, 0) is 37.8 Å². The molecular weight excluding hydrogens is 318 g/mol. The minimum absolute atomic E-state index is 0.307. The Morgan fingerprint density at radius 1 is 1.28 bits per heavy atom. The fraction of sp³-hybridized carbons (Fsp3) is 0.722. The highest BCUT2D eigenvalue weighted by molar-refractivity contribution is 5.30. The third-order valence-corrected chi connectivity index (χ3v) is 4.45. The summed E-state index contributed by atoms with van der Waals surface area (Å²) in [6.07, 6.45) is 2.81. The second kappa shape index (κ2) is 7.15. The Balaban J connectivity index is 1.58. The van der Waals surface area contributed by atoms with Crippen molar-refractivity contribution in [2.75, 3.05) is 11.9 Å². The van der Waals surface area contributed by atoms with Gasteiger partial charge in [-0.3, -0.25) is 4.68 Å². The largest absolute Gasteiger partial charge is 0.408 e. The Hall–Kier alpha value is -1.89. The molecule has 1 N–H and O–H groups in total. The number of nitrogens with zero attached hydrogens (tertiary/aromatic N) is 4. The average molecular weight is 347 g/mol. The van der Waals surface area contributed by atoms with Crippen LogP contribution in [0.1, 0.15) is 57.0 Å². The predicted molar refractivity (Wildman–Crippen MR) is 95.1 cm³/mol. The van der Waals surface area contributed by atoms with Crippen LogP contribution in [0, 0.1) is 11.3 Å². The third-order valence-electron chi connectivity index (χ3n) is 4.45. The van der Waals surface area contributed by atoms with E-state index in [0.717, 1.165) is 37.3 Å². The summed E-state index contributed by atoms with van der Waals surface area (Å²) < 4.78 is 13.2. The smallest absolute Gasteiger partial charge is 0.315 e. The monoisotopic (exact) mass is 347 g/mol. The number of aromatic nitrogens is 4. The van der Waals surface area contributed by atoms with E-state index in [1.165, 1.54) is 5.56 Å². The van der Waals surface area contributed by atoms with Gasteiger partial charge in [0.1, 0.15) is 0 Å². The van der Waals surface area contributed by atoms with Crippen molar-refractivity contribution in [1.82, 2.24) is 20.0 Å². The van der Waals surface area contributed by atoms with Gasteiger partial charge in [0.05, 0.1) is 31.1 Å². The van der Waals surface area contributed by atoms with Gasteiger partial charge >= 0.3 is 6.01 Å². The topological polar surface area (TPSA) is 78.0 Å². The van der Waals surface area contributed by atoms with Gasteiger partial charge in [-0.05, 0) is 17.8 Å². The van der Waals surface area contributed by atoms with Crippen LogP contribution in [0.3, 0.4) is 0 Å². The quantitative estimate of drug-likeness (QED) is 0.865. The SMILES string of the molecule is CC(Cc1nnc(NCc2c3c(nn2C)CCOC3)o1)CC(C)(C)C. The minimum atomic E-state index is 0.307. The molecule has 1 atom stereocenters. The lowest BCUT2D eigenvalue weighted by Gasteiger charge is -2.22. The zero-order chi connectivity index (χ0) is 18.0. The molecule has 7 nitrogen and oxygen atoms in total. The van der Waals surface area contributed by atoms with E-state index < -0.39 is 0 Å². The molecule has 3 rings (SSSR count). The molecule has 2 aromatic heterocycles. The van der Waals surface area contributed by atoms with Crippen LogP contribution >= 0.6 is 0 Å². The van der Waals surface area contributed by atoms with Crippen LogP contribution in [0.25, 0.3) is 0 Å². The molecule has 0 amide bonds. The maximum Gasteiger partial charge on any atom is 0.315 e. The number of aryl methyl sites for hydroxylation is 1. The highest BCUT2D eigenvalue weighted by atomic mass is 16.5. The zero-order valence-corrected chi connectivity index (χ0v) is 15.9. The first-order valence-electron chi connectivity index (χ1n) is 8.99. The molecule has 3 heterocycles. The fourth-order valence-corrected chi connectivity index (χ4v) is 3.58. The predicted octanol–water partition coefficient (Wildman–Crippen LogP) is 3.10. The van der Waals surface area contributed by atoms with Gasteiger partial charge in [-0.15, -0.1) is 5.10 Å². The number of rotatable bonds is 6. The number of hydrogen-bond donors (Lipinski definition) is 1. The molecule has 0 radical (unpaired) electrons. The van der Waals surface area contributed by atoms with Crippen molar-refractivity contribution in [3.8, 4) is 0 Å². The van der Waals surface area contributed by atoms with E-state index in [-0.39, 0.29) is 0 Å². The summed E-state index contributed by atoms with van der Waals surface area (Å²) in [5, 5.41) is 16.1. The Labute approximate surface area is 149 Å². The molecule has 1 unspecified atom stereocenters. The second-order valence-electron chi connectivity index (χ2n) is 8.23. The first-order valence-corrected chi connectivity index (χ1v) is 8.99. The van der Waals surface area contributed by atoms with E-state index in [9.17, 15) is 0 Å². The molecule has 2 aromatic rings. The van der Waals surface area contributed by atoms with Gasteiger partial charge in [-0.2, -0.15) is 5.10 Å². The zero-order valence-electron chi connectivity index (χ0n) is 15.9. The Morgan fingerprint density at radius 3 is 2.84 bits per heavy atom. The van der Waals surface area contributed by atoms with Gasteiger partial charge in [-0.1, -0.05) is 32.8 Å². The molecule has 0 saturated carbocycles. The Kier molecular flexibility index (Phi) is 5.13. The van der Waals surface area contributed by atoms with E-state index in [4.69, 9.17) is 9.15 Å². The highest BCUT2D eigenvalue weighted by Gasteiger charge is 2.21. The number of fused-ring (bicyclic) bond motifs is 1. The van der Waals surface area contributed by atoms with Gasteiger partial charge < -0.3 is 14.5 Å². The molecule has 0 aliphatic carbocycles. The number of nitrogens with one attached hydrogen (secondary N) is 1. The number of ether oxygens (including phenoxy) is 1. The van der Waals surface area contributed by atoms with Crippen LogP contribution in [0.4, 0.5) is 6.01 Å². The maximum absolute atomic E-state index is 5.76. The van der Waals surface area contributed by atoms with E-state index in [0.29, 0.717) is 36.4 Å². The second-order valence-corrected chi connectivity index (χ2v) is 8.23. The van der Waals surface area contributed by atoms with Crippen molar-refractivity contribution in [2.24, 2.45) is 18.4 Å².